The highest BCUT2D eigenvalue weighted by molar-refractivity contribution is 5.91. The number of ketones is 1. The van der Waals surface area contributed by atoms with Crippen LogP contribution in [0, 0.1) is 46.8 Å². The van der Waals surface area contributed by atoms with Crippen LogP contribution in [0.1, 0.15) is 65.2 Å². The molecule has 2 N–H and O–H groups in total. The Morgan fingerprint density at radius 1 is 1.30 bits per heavy atom. The first-order valence-electron chi connectivity index (χ1n) is 10.9. The Morgan fingerprint density at radius 2 is 2.07 bits per heavy atom. The fourth-order valence-electron chi connectivity index (χ4n) is 8.45. The summed E-state index contributed by atoms with van der Waals surface area (Å²) < 4.78 is 0. The number of carbonyl (C=O) groups is 2. The highest BCUT2D eigenvalue weighted by Gasteiger charge is 2.75. The van der Waals surface area contributed by atoms with Crippen LogP contribution in [-0.2, 0) is 9.59 Å². The van der Waals surface area contributed by atoms with Crippen molar-refractivity contribution in [3.05, 3.63) is 11.6 Å². The van der Waals surface area contributed by atoms with E-state index in [0.717, 1.165) is 32.1 Å². The smallest absolute Gasteiger partial charge is 0.303 e. The summed E-state index contributed by atoms with van der Waals surface area (Å²) >= 11 is 0. The van der Waals surface area contributed by atoms with Crippen LogP contribution in [0.4, 0.5) is 0 Å². The zero-order valence-corrected chi connectivity index (χ0v) is 16.5. The van der Waals surface area contributed by atoms with Gasteiger partial charge in [-0.05, 0) is 91.4 Å². The Labute approximate surface area is 161 Å². The molecule has 4 heteroatoms. The number of carbonyl (C=O) groups excluding carboxylic acids is 1. The van der Waals surface area contributed by atoms with Crippen LogP contribution >= 0.6 is 0 Å². The molecule has 4 saturated carbocycles. The van der Waals surface area contributed by atoms with Crippen molar-refractivity contribution < 1.29 is 19.8 Å². The summed E-state index contributed by atoms with van der Waals surface area (Å²) in [6.07, 6.45) is 8.38. The third-order valence-electron chi connectivity index (χ3n) is 9.52. The lowest BCUT2D eigenvalue weighted by atomic mass is 9.47. The van der Waals surface area contributed by atoms with Gasteiger partial charge in [0.1, 0.15) is 0 Å². The number of rotatable bonds is 3. The zero-order valence-electron chi connectivity index (χ0n) is 16.5. The van der Waals surface area contributed by atoms with E-state index in [0.29, 0.717) is 60.1 Å². The SMILES string of the molecule is C[C@@H]1CC2=CC(=O)CC[C@@H]2[C@H]2CC[C@@]3(C)[C@@H]([C@H]4C[C@H]4[C@@]3(O)CCC(=O)O)[C@@H]21. The van der Waals surface area contributed by atoms with E-state index in [-0.39, 0.29) is 11.8 Å². The second kappa shape index (κ2) is 5.68. The molecule has 9 atom stereocenters. The van der Waals surface area contributed by atoms with Gasteiger partial charge >= 0.3 is 5.97 Å². The van der Waals surface area contributed by atoms with Gasteiger partial charge in [0.2, 0.25) is 0 Å². The molecule has 0 aromatic rings. The Kier molecular flexibility index (Phi) is 3.77. The topological polar surface area (TPSA) is 74.6 Å². The van der Waals surface area contributed by atoms with Gasteiger partial charge in [-0.1, -0.05) is 19.4 Å². The minimum Gasteiger partial charge on any atom is -0.481 e. The third-order valence-corrected chi connectivity index (χ3v) is 9.52. The molecule has 5 rings (SSSR count). The molecule has 27 heavy (non-hydrogen) atoms. The van der Waals surface area contributed by atoms with Crippen molar-refractivity contribution in [1.82, 2.24) is 0 Å². The normalized spacial score (nSPS) is 52.9. The van der Waals surface area contributed by atoms with Crippen molar-refractivity contribution in [2.24, 2.45) is 46.8 Å². The van der Waals surface area contributed by atoms with Gasteiger partial charge in [-0.3, -0.25) is 9.59 Å². The Morgan fingerprint density at radius 3 is 2.81 bits per heavy atom. The Bertz CT molecular complexity index is 726. The molecule has 148 valence electrons. The highest BCUT2D eigenvalue weighted by atomic mass is 16.4. The van der Waals surface area contributed by atoms with E-state index in [1.54, 1.807) is 0 Å². The molecule has 0 amide bonds. The van der Waals surface area contributed by atoms with E-state index < -0.39 is 11.6 Å². The molecule has 0 radical (unpaired) electrons. The molecule has 0 aromatic heterocycles. The van der Waals surface area contributed by atoms with Gasteiger partial charge in [0, 0.05) is 12.8 Å². The molecule has 4 fully saturated rings. The molecule has 0 aromatic carbocycles. The number of hydrogen-bond acceptors (Lipinski definition) is 3. The first-order valence-corrected chi connectivity index (χ1v) is 10.9. The van der Waals surface area contributed by atoms with Crippen molar-refractivity contribution >= 4 is 11.8 Å². The number of aliphatic carboxylic acids is 1. The van der Waals surface area contributed by atoms with Gasteiger partial charge in [0.05, 0.1) is 5.60 Å². The zero-order chi connectivity index (χ0) is 19.1. The van der Waals surface area contributed by atoms with Crippen molar-refractivity contribution in [3.63, 3.8) is 0 Å². The monoisotopic (exact) mass is 372 g/mol. The summed E-state index contributed by atoms with van der Waals surface area (Å²) in [5.74, 6) is 3.31. The number of allylic oxidation sites excluding steroid dienone is 1. The Hall–Kier alpha value is -1.16. The molecule has 5 aliphatic rings. The van der Waals surface area contributed by atoms with Gasteiger partial charge in [-0.2, -0.15) is 0 Å². The number of aliphatic hydroxyl groups is 1. The molecule has 0 unspecified atom stereocenters. The maximum atomic E-state index is 11.9. The van der Waals surface area contributed by atoms with Crippen molar-refractivity contribution in [2.45, 2.75) is 70.8 Å². The van der Waals surface area contributed by atoms with Gasteiger partial charge in [-0.15, -0.1) is 0 Å². The van der Waals surface area contributed by atoms with Gasteiger partial charge in [-0.25, -0.2) is 0 Å². The van der Waals surface area contributed by atoms with E-state index in [1.807, 2.05) is 6.08 Å². The number of fused-ring (bicyclic) bond motifs is 7. The summed E-state index contributed by atoms with van der Waals surface area (Å²) in [5.41, 5.74) is 0.455. The number of carboxylic acids is 1. The van der Waals surface area contributed by atoms with Crippen LogP contribution in [0.25, 0.3) is 0 Å². The molecular formula is C23H32O4. The van der Waals surface area contributed by atoms with E-state index >= 15 is 0 Å². The van der Waals surface area contributed by atoms with Crippen molar-refractivity contribution in [1.29, 1.82) is 0 Å². The number of hydrogen-bond donors (Lipinski definition) is 2. The van der Waals surface area contributed by atoms with Crippen LogP contribution < -0.4 is 0 Å². The van der Waals surface area contributed by atoms with Gasteiger partial charge in [0.15, 0.2) is 5.78 Å². The maximum Gasteiger partial charge on any atom is 0.303 e. The summed E-state index contributed by atoms with van der Waals surface area (Å²) in [5, 5.41) is 20.9. The van der Waals surface area contributed by atoms with E-state index in [9.17, 15) is 19.8 Å². The molecule has 0 aliphatic heterocycles. The lowest BCUT2D eigenvalue weighted by Crippen LogP contribution is -2.56. The van der Waals surface area contributed by atoms with Crippen molar-refractivity contribution in [3.8, 4) is 0 Å². The van der Waals surface area contributed by atoms with Crippen LogP contribution in [0.15, 0.2) is 11.6 Å². The molecule has 5 aliphatic carbocycles. The molecule has 0 saturated heterocycles. The minimum absolute atomic E-state index is 0.0727. The lowest BCUT2D eigenvalue weighted by molar-refractivity contribution is -0.158. The second-order valence-corrected chi connectivity index (χ2v) is 10.6. The first kappa shape index (κ1) is 17.9. The summed E-state index contributed by atoms with van der Waals surface area (Å²) in [7, 11) is 0. The molecular weight excluding hydrogens is 340 g/mol. The van der Waals surface area contributed by atoms with E-state index in [4.69, 9.17) is 0 Å². The summed E-state index contributed by atoms with van der Waals surface area (Å²) in [6, 6.07) is 0. The summed E-state index contributed by atoms with van der Waals surface area (Å²) in [4.78, 5) is 23.1. The summed E-state index contributed by atoms with van der Waals surface area (Å²) in [6.45, 7) is 4.62. The van der Waals surface area contributed by atoms with E-state index in [2.05, 4.69) is 13.8 Å². The molecule has 0 heterocycles. The Balaban J connectivity index is 1.48. The largest absolute Gasteiger partial charge is 0.481 e. The molecule has 0 bridgehead atoms. The first-order chi connectivity index (χ1) is 12.8. The standard InChI is InChI=1S/C23H32O4/c1-12-9-13-10-14(24)3-4-15(13)16-5-7-22(2)21(20(12)16)17-11-18(17)23(22,27)8-6-19(25)26/h10,12,15-18,20-21,27H,3-9,11H2,1-2H3,(H,25,26)/t12-,15+,16-,17+,18-,20-,21+,22+,23+/m1/s1. The predicted octanol–water partition coefficient (Wildman–Crippen LogP) is 3.83. The van der Waals surface area contributed by atoms with Crippen LogP contribution in [0.3, 0.4) is 0 Å². The average Bonchev–Trinajstić information content (AvgIpc) is 3.36. The van der Waals surface area contributed by atoms with Gasteiger partial charge in [0.25, 0.3) is 0 Å². The quantitative estimate of drug-likeness (QED) is 0.790. The van der Waals surface area contributed by atoms with Crippen LogP contribution in [0.2, 0.25) is 0 Å². The minimum atomic E-state index is -0.802. The fourth-order valence-corrected chi connectivity index (χ4v) is 8.45. The third kappa shape index (κ3) is 2.31. The van der Waals surface area contributed by atoms with E-state index in [1.165, 1.54) is 5.57 Å². The highest BCUT2D eigenvalue weighted by Crippen LogP contribution is 2.77. The number of carboxylic acid groups (broad SMARTS) is 1. The second-order valence-electron chi connectivity index (χ2n) is 10.6. The molecule has 4 nitrogen and oxygen atoms in total. The molecule has 0 spiro atoms. The lowest BCUT2D eigenvalue weighted by Gasteiger charge is -2.59. The van der Waals surface area contributed by atoms with Crippen molar-refractivity contribution in [2.75, 3.05) is 0 Å². The van der Waals surface area contributed by atoms with Gasteiger partial charge < -0.3 is 10.2 Å². The fraction of sp³-hybridized carbons (Fsp3) is 0.826. The van der Waals surface area contributed by atoms with Crippen LogP contribution in [0.5, 0.6) is 0 Å². The van der Waals surface area contributed by atoms with Crippen LogP contribution in [-0.4, -0.2) is 27.6 Å². The average molecular weight is 373 g/mol. The maximum absolute atomic E-state index is 11.9. The predicted molar refractivity (Wildman–Crippen MR) is 101 cm³/mol.